The van der Waals surface area contributed by atoms with Gasteiger partial charge < -0.3 is 20.1 Å². The normalized spacial score (nSPS) is 23.2. The van der Waals surface area contributed by atoms with Gasteiger partial charge in [0.1, 0.15) is 23.8 Å². The monoisotopic (exact) mass is 409 g/mol. The summed E-state index contributed by atoms with van der Waals surface area (Å²) in [6, 6.07) is 5.48. The Morgan fingerprint density at radius 1 is 1.21 bits per heavy atom. The van der Waals surface area contributed by atoms with Crippen molar-refractivity contribution in [2.45, 2.75) is 45.6 Å². The summed E-state index contributed by atoms with van der Waals surface area (Å²) in [6.45, 7) is 6.37. The molecule has 0 aliphatic carbocycles. The van der Waals surface area contributed by atoms with E-state index in [1.807, 2.05) is 26.0 Å². The summed E-state index contributed by atoms with van der Waals surface area (Å²) in [6.07, 6.45) is 2.86. The minimum atomic E-state index is -3.22. The predicted octanol–water partition coefficient (Wildman–Crippen LogP) is 1.51. The number of sulfonamides is 1. The Kier molecular flexibility index (Phi) is 5.85. The summed E-state index contributed by atoms with van der Waals surface area (Å²) in [5.41, 5.74) is 1.40. The maximum atomic E-state index is 12.0. The zero-order chi connectivity index (χ0) is 20.5. The molecule has 2 aliphatic rings. The molecule has 154 valence electrons. The molecule has 8 nitrogen and oxygen atoms in total. The predicted molar refractivity (Wildman–Crippen MR) is 105 cm³/mol. The van der Waals surface area contributed by atoms with Gasteiger partial charge in [0.25, 0.3) is 0 Å². The average Bonchev–Trinajstić information content (AvgIpc) is 3.05. The quantitative estimate of drug-likeness (QED) is 0.739. The Balaban J connectivity index is 1.81. The van der Waals surface area contributed by atoms with Crippen LogP contribution in [-0.2, 0) is 14.8 Å². The number of hydrogen-bond donors (Lipinski definition) is 2. The van der Waals surface area contributed by atoms with E-state index < -0.39 is 16.2 Å². The Hall–Kier alpha value is -2.26. The maximum absolute atomic E-state index is 12.0. The van der Waals surface area contributed by atoms with Crippen molar-refractivity contribution in [1.82, 2.24) is 14.9 Å². The van der Waals surface area contributed by atoms with Crippen LogP contribution < -0.4 is 20.1 Å². The summed E-state index contributed by atoms with van der Waals surface area (Å²) < 4.78 is 36.8. The lowest BCUT2D eigenvalue weighted by molar-refractivity contribution is -0.118. The SMILES string of the molecule is CC1=CNC(c2cc(OC(C)C)cc(OC3CCN(S(C)(=O)=O)C3)c2)NC1=O. The maximum Gasteiger partial charge on any atom is 0.250 e. The number of benzene rings is 1. The first kappa shape index (κ1) is 20.5. The van der Waals surface area contributed by atoms with E-state index in [4.69, 9.17) is 9.47 Å². The highest BCUT2D eigenvalue weighted by Crippen LogP contribution is 2.30. The fourth-order valence-corrected chi connectivity index (χ4v) is 4.07. The van der Waals surface area contributed by atoms with Gasteiger partial charge in [-0.25, -0.2) is 8.42 Å². The Morgan fingerprint density at radius 3 is 2.54 bits per heavy atom. The second-order valence-corrected chi connectivity index (χ2v) is 9.44. The molecule has 0 aromatic heterocycles. The van der Waals surface area contributed by atoms with Crippen LogP contribution in [0.4, 0.5) is 0 Å². The number of nitrogens with zero attached hydrogens (tertiary/aromatic N) is 1. The standard InChI is InChI=1S/C19H27N3O5S/c1-12(2)26-16-7-14(18-20-10-13(3)19(23)21-18)8-17(9-16)27-15-5-6-22(11-15)28(4,24)25/h7-10,12,15,18,20H,5-6,11H2,1-4H3,(H,21,23). The first-order chi connectivity index (χ1) is 13.1. The van der Waals surface area contributed by atoms with Crippen LogP contribution >= 0.6 is 0 Å². The lowest BCUT2D eigenvalue weighted by atomic mass is 10.1. The second kappa shape index (κ2) is 8.00. The summed E-state index contributed by atoms with van der Waals surface area (Å²) in [5, 5.41) is 6.05. The number of rotatable bonds is 6. The van der Waals surface area contributed by atoms with Crippen LogP contribution in [0.3, 0.4) is 0 Å². The van der Waals surface area contributed by atoms with E-state index in [0.717, 1.165) is 5.56 Å². The van der Waals surface area contributed by atoms with Gasteiger partial charge in [0, 0.05) is 29.9 Å². The number of amides is 1. The van der Waals surface area contributed by atoms with E-state index in [1.165, 1.54) is 10.6 Å². The minimum absolute atomic E-state index is 0.0219. The molecule has 1 aromatic rings. The summed E-state index contributed by atoms with van der Waals surface area (Å²) in [7, 11) is -3.22. The van der Waals surface area contributed by atoms with Crippen LogP contribution in [0, 0.1) is 0 Å². The molecule has 2 heterocycles. The third-order valence-electron chi connectivity index (χ3n) is 4.59. The van der Waals surface area contributed by atoms with Gasteiger partial charge in [-0.15, -0.1) is 0 Å². The van der Waals surface area contributed by atoms with Crippen molar-refractivity contribution < 1.29 is 22.7 Å². The molecule has 3 rings (SSSR count). The van der Waals surface area contributed by atoms with Gasteiger partial charge in [-0.3, -0.25) is 4.79 Å². The molecule has 1 amide bonds. The van der Waals surface area contributed by atoms with Crippen molar-refractivity contribution in [3.05, 3.63) is 35.5 Å². The molecule has 9 heteroatoms. The Morgan fingerprint density at radius 2 is 1.93 bits per heavy atom. The highest BCUT2D eigenvalue weighted by atomic mass is 32.2. The molecule has 2 aliphatic heterocycles. The zero-order valence-corrected chi connectivity index (χ0v) is 17.4. The molecule has 2 atom stereocenters. The minimum Gasteiger partial charge on any atom is -0.491 e. The van der Waals surface area contributed by atoms with Crippen LogP contribution in [0.25, 0.3) is 0 Å². The van der Waals surface area contributed by atoms with Gasteiger partial charge in [0.15, 0.2) is 0 Å². The number of hydrogen-bond acceptors (Lipinski definition) is 6. The number of carbonyl (C=O) groups is 1. The van der Waals surface area contributed by atoms with Crippen LogP contribution in [-0.4, -0.2) is 50.2 Å². The molecule has 1 fully saturated rings. The highest BCUT2D eigenvalue weighted by Gasteiger charge is 2.30. The summed E-state index contributed by atoms with van der Waals surface area (Å²) in [4.78, 5) is 12.0. The molecule has 0 radical (unpaired) electrons. The smallest absolute Gasteiger partial charge is 0.250 e. The third kappa shape index (κ3) is 4.96. The van der Waals surface area contributed by atoms with Crippen molar-refractivity contribution >= 4 is 15.9 Å². The van der Waals surface area contributed by atoms with Gasteiger partial charge in [-0.05, 0) is 39.3 Å². The average molecular weight is 410 g/mol. The third-order valence-corrected chi connectivity index (χ3v) is 5.86. The second-order valence-electron chi connectivity index (χ2n) is 7.45. The number of nitrogens with one attached hydrogen (secondary N) is 2. The largest absolute Gasteiger partial charge is 0.491 e. The number of ether oxygens (including phenoxy) is 2. The van der Waals surface area contributed by atoms with E-state index in [1.54, 1.807) is 19.2 Å². The van der Waals surface area contributed by atoms with Crippen molar-refractivity contribution in [2.75, 3.05) is 19.3 Å². The fourth-order valence-electron chi connectivity index (χ4n) is 3.20. The first-order valence-corrected chi connectivity index (χ1v) is 11.1. The molecule has 2 unspecified atom stereocenters. The van der Waals surface area contributed by atoms with Crippen LogP contribution in [0.5, 0.6) is 11.5 Å². The molecule has 1 aromatic carbocycles. The van der Waals surface area contributed by atoms with Crippen molar-refractivity contribution in [2.24, 2.45) is 0 Å². The summed E-state index contributed by atoms with van der Waals surface area (Å²) >= 11 is 0. The lowest BCUT2D eigenvalue weighted by Crippen LogP contribution is -2.40. The van der Waals surface area contributed by atoms with E-state index in [-0.39, 0.29) is 18.1 Å². The molecular formula is C19H27N3O5S. The van der Waals surface area contributed by atoms with Crippen LogP contribution in [0.15, 0.2) is 30.0 Å². The zero-order valence-electron chi connectivity index (χ0n) is 16.6. The van der Waals surface area contributed by atoms with E-state index in [9.17, 15) is 13.2 Å². The molecule has 2 N–H and O–H groups in total. The van der Waals surface area contributed by atoms with Crippen molar-refractivity contribution in [1.29, 1.82) is 0 Å². The summed E-state index contributed by atoms with van der Waals surface area (Å²) in [5.74, 6) is 1.07. The lowest BCUT2D eigenvalue weighted by Gasteiger charge is -2.26. The fraction of sp³-hybridized carbons (Fsp3) is 0.526. The van der Waals surface area contributed by atoms with Gasteiger partial charge in [0.2, 0.25) is 15.9 Å². The van der Waals surface area contributed by atoms with Crippen LogP contribution in [0.2, 0.25) is 0 Å². The van der Waals surface area contributed by atoms with E-state index in [2.05, 4.69) is 10.6 Å². The van der Waals surface area contributed by atoms with Crippen LogP contribution in [0.1, 0.15) is 38.9 Å². The Bertz CT molecular complexity index is 882. The molecule has 28 heavy (non-hydrogen) atoms. The molecule has 0 saturated carbocycles. The molecule has 0 bridgehead atoms. The highest BCUT2D eigenvalue weighted by molar-refractivity contribution is 7.88. The van der Waals surface area contributed by atoms with E-state index in [0.29, 0.717) is 36.6 Å². The van der Waals surface area contributed by atoms with Gasteiger partial charge >= 0.3 is 0 Å². The molecule has 1 saturated heterocycles. The van der Waals surface area contributed by atoms with Gasteiger partial charge in [0.05, 0.1) is 18.9 Å². The Labute approximate surface area is 165 Å². The molecular weight excluding hydrogens is 382 g/mol. The van der Waals surface area contributed by atoms with Gasteiger partial charge in [-0.2, -0.15) is 4.31 Å². The topological polar surface area (TPSA) is 97.0 Å². The van der Waals surface area contributed by atoms with Crippen molar-refractivity contribution in [3.8, 4) is 11.5 Å². The number of carbonyl (C=O) groups excluding carboxylic acids is 1. The van der Waals surface area contributed by atoms with E-state index >= 15 is 0 Å². The van der Waals surface area contributed by atoms with Gasteiger partial charge in [-0.1, -0.05) is 0 Å². The van der Waals surface area contributed by atoms with Crippen molar-refractivity contribution in [3.63, 3.8) is 0 Å². The molecule has 0 spiro atoms. The first-order valence-electron chi connectivity index (χ1n) is 9.29.